The molecule has 3 aromatic heterocycles. The first-order valence-corrected chi connectivity index (χ1v) is 15.4. The molecule has 3 heteroatoms. The Balaban J connectivity index is 1.33. The molecular formula is C42H29N3. The average molecular weight is 576 g/mol. The van der Waals surface area contributed by atoms with Crippen LogP contribution in [0.15, 0.2) is 158 Å². The Kier molecular flexibility index (Phi) is 5.72. The maximum atomic E-state index is 4.42. The summed E-state index contributed by atoms with van der Waals surface area (Å²) in [5.74, 6) is 0. The molecule has 6 aromatic carbocycles. The highest BCUT2D eigenvalue weighted by Crippen LogP contribution is 2.38. The van der Waals surface area contributed by atoms with Gasteiger partial charge in [0, 0.05) is 50.9 Å². The number of para-hydroxylation sites is 4. The molecule has 0 aliphatic carbocycles. The third kappa shape index (κ3) is 4.09. The standard InChI is InChI=1S/C42H29N3/c1-28-22-32(27-43-26-28)30-20-18-29(19-21-30)31-23-33(44-39-14-6-2-10-35(39)36-11-3-7-15-40(36)44)25-34(24-31)45-41-16-8-4-12-37(41)38-13-5-9-17-42(38)45/h2-27H,1H3. The van der Waals surface area contributed by atoms with E-state index in [-0.39, 0.29) is 0 Å². The van der Waals surface area contributed by atoms with Gasteiger partial charge in [-0.05, 0) is 77.7 Å². The van der Waals surface area contributed by atoms with Gasteiger partial charge in [-0.2, -0.15) is 0 Å². The van der Waals surface area contributed by atoms with Crippen LogP contribution in [0.25, 0.3) is 77.2 Å². The fraction of sp³-hybridized carbons (Fsp3) is 0.0238. The van der Waals surface area contributed by atoms with Crippen LogP contribution in [0.2, 0.25) is 0 Å². The van der Waals surface area contributed by atoms with Crippen LogP contribution in [-0.2, 0) is 0 Å². The second kappa shape index (κ2) is 10.1. The predicted octanol–water partition coefficient (Wildman–Crippen LogP) is 10.9. The van der Waals surface area contributed by atoms with Crippen molar-refractivity contribution in [2.45, 2.75) is 6.92 Å². The summed E-state index contributed by atoms with van der Waals surface area (Å²) in [6, 6.07) is 53.0. The molecule has 0 saturated heterocycles. The Morgan fingerprint density at radius 3 is 1.20 bits per heavy atom. The van der Waals surface area contributed by atoms with Crippen molar-refractivity contribution in [3.8, 4) is 33.6 Å². The van der Waals surface area contributed by atoms with Gasteiger partial charge in [0.2, 0.25) is 0 Å². The fourth-order valence-electron chi connectivity index (χ4n) is 6.99. The van der Waals surface area contributed by atoms with E-state index in [1.807, 2.05) is 12.4 Å². The van der Waals surface area contributed by atoms with Gasteiger partial charge < -0.3 is 9.13 Å². The third-order valence-electron chi connectivity index (χ3n) is 9.01. The molecule has 0 spiro atoms. The van der Waals surface area contributed by atoms with Crippen LogP contribution in [0.1, 0.15) is 5.56 Å². The highest BCUT2D eigenvalue weighted by molar-refractivity contribution is 6.10. The van der Waals surface area contributed by atoms with Gasteiger partial charge in [-0.15, -0.1) is 0 Å². The summed E-state index contributed by atoms with van der Waals surface area (Å²) in [7, 11) is 0. The van der Waals surface area contributed by atoms with E-state index in [4.69, 9.17) is 0 Å². The molecule has 0 bridgehead atoms. The Bertz CT molecular complexity index is 2310. The van der Waals surface area contributed by atoms with E-state index in [0.29, 0.717) is 0 Å². The first kappa shape index (κ1) is 25.6. The van der Waals surface area contributed by atoms with Crippen molar-refractivity contribution < 1.29 is 0 Å². The fourth-order valence-corrected chi connectivity index (χ4v) is 6.99. The second-order valence-electron chi connectivity index (χ2n) is 11.8. The van der Waals surface area contributed by atoms with Crippen LogP contribution < -0.4 is 0 Å². The Morgan fingerprint density at radius 1 is 0.378 bits per heavy atom. The molecule has 212 valence electrons. The van der Waals surface area contributed by atoms with Crippen molar-refractivity contribution in [2.24, 2.45) is 0 Å². The molecule has 0 unspecified atom stereocenters. The average Bonchev–Trinajstić information content (AvgIpc) is 3.61. The van der Waals surface area contributed by atoms with E-state index in [1.165, 1.54) is 54.7 Å². The summed E-state index contributed by atoms with van der Waals surface area (Å²) in [4.78, 5) is 4.42. The van der Waals surface area contributed by atoms with Gasteiger partial charge in [-0.1, -0.05) is 97.1 Å². The Labute approximate surface area is 261 Å². The number of rotatable bonds is 4. The van der Waals surface area contributed by atoms with Gasteiger partial charge in [-0.25, -0.2) is 0 Å². The predicted molar refractivity (Wildman–Crippen MR) is 189 cm³/mol. The zero-order valence-electron chi connectivity index (χ0n) is 24.9. The number of aryl methyl sites for hydroxylation is 1. The first-order chi connectivity index (χ1) is 22.2. The summed E-state index contributed by atoms with van der Waals surface area (Å²) in [5.41, 5.74) is 12.9. The molecule has 45 heavy (non-hydrogen) atoms. The van der Waals surface area contributed by atoms with E-state index >= 15 is 0 Å². The van der Waals surface area contributed by atoms with Crippen LogP contribution in [0.3, 0.4) is 0 Å². The molecule has 0 aliphatic heterocycles. The highest BCUT2D eigenvalue weighted by atomic mass is 15.0. The van der Waals surface area contributed by atoms with E-state index in [1.54, 1.807) is 0 Å². The van der Waals surface area contributed by atoms with Crippen molar-refractivity contribution in [3.63, 3.8) is 0 Å². The summed E-state index contributed by atoms with van der Waals surface area (Å²) in [5, 5.41) is 5.03. The van der Waals surface area contributed by atoms with Gasteiger partial charge in [0.15, 0.2) is 0 Å². The summed E-state index contributed by atoms with van der Waals surface area (Å²) < 4.78 is 4.83. The zero-order chi connectivity index (χ0) is 29.9. The molecule has 0 N–H and O–H groups in total. The molecular weight excluding hydrogens is 546 g/mol. The number of fused-ring (bicyclic) bond motifs is 6. The van der Waals surface area contributed by atoms with Crippen LogP contribution >= 0.6 is 0 Å². The normalized spacial score (nSPS) is 11.7. The van der Waals surface area contributed by atoms with Gasteiger partial charge >= 0.3 is 0 Å². The molecule has 0 radical (unpaired) electrons. The van der Waals surface area contributed by atoms with Crippen molar-refractivity contribution in [1.29, 1.82) is 0 Å². The number of aromatic nitrogens is 3. The quantitative estimate of drug-likeness (QED) is 0.205. The van der Waals surface area contributed by atoms with E-state index in [9.17, 15) is 0 Å². The van der Waals surface area contributed by atoms with Gasteiger partial charge in [0.25, 0.3) is 0 Å². The number of pyridine rings is 1. The number of nitrogens with zero attached hydrogens (tertiary/aromatic N) is 3. The monoisotopic (exact) mass is 575 g/mol. The SMILES string of the molecule is Cc1cncc(-c2ccc(-c3cc(-n4c5ccccc5c5ccccc54)cc(-n4c5ccccc5c5ccccc54)c3)cc2)c1. The Hall–Kier alpha value is -5.93. The van der Waals surface area contributed by atoms with Crippen molar-refractivity contribution in [3.05, 3.63) is 164 Å². The zero-order valence-corrected chi connectivity index (χ0v) is 24.9. The van der Waals surface area contributed by atoms with Crippen molar-refractivity contribution in [2.75, 3.05) is 0 Å². The van der Waals surface area contributed by atoms with E-state index in [0.717, 1.165) is 28.1 Å². The topological polar surface area (TPSA) is 22.8 Å². The van der Waals surface area contributed by atoms with Crippen molar-refractivity contribution in [1.82, 2.24) is 14.1 Å². The lowest BCUT2D eigenvalue weighted by atomic mass is 9.99. The lowest BCUT2D eigenvalue weighted by molar-refractivity contribution is 1.13. The minimum Gasteiger partial charge on any atom is -0.309 e. The number of benzene rings is 6. The van der Waals surface area contributed by atoms with Crippen LogP contribution in [0, 0.1) is 6.92 Å². The molecule has 0 atom stereocenters. The third-order valence-corrected chi connectivity index (χ3v) is 9.01. The maximum absolute atomic E-state index is 4.42. The molecule has 0 amide bonds. The minimum absolute atomic E-state index is 1.13. The summed E-state index contributed by atoms with van der Waals surface area (Å²) in [6.45, 7) is 2.08. The Morgan fingerprint density at radius 2 is 0.778 bits per heavy atom. The van der Waals surface area contributed by atoms with E-state index in [2.05, 4.69) is 167 Å². The van der Waals surface area contributed by atoms with E-state index < -0.39 is 0 Å². The smallest absolute Gasteiger partial charge is 0.0541 e. The maximum Gasteiger partial charge on any atom is 0.0541 e. The lowest BCUT2D eigenvalue weighted by Gasteiger charge is -2.16. The molecule has 3 nitrogen and oxygen atoms in total. The first-order valence-electron chi connectivity index (χ1n) is 15.4. The largest absolute Gasteiger partial charge is 0.309 e. The van der Waals surface area contributed by atoms with Crippen LogP contribution in [0.5, 0.6) is 0 Å². The van der Waals surface area contributed by atoms with Gasteiger partial charge in [0.1, 0.15) is 0 Å². The second-order valence-corrected chi connectivity index (χ2v) is 11.8. The van der Waals surface area contributed by atoms with Crippen LogP contribution in [-0.4, -0.2) is 14.1 Å². The molecule has 3 heterocycles. The molecule has 0 aliphatic rings. The summed E-state index contributed by atoms with van der Waals surface area (Å²) in [6.07, 6.45) is 3.83. The molecule has 9 aromatic rings. The van der Waals surface area contributed by atoms with Crippen LogP contribution in [0.4, 0.5) is 0 Å². The molecule has 0 saturated carbocycles. The summed E-state index contributed by atoms with van der Waals surface area (Å²) >= 11 is 0. The molecule has 0 fully saturated rings. The van der Waals surface area contributed by atoms with Gasteiger partial charge in [-0.3, -0.25) is 4.98 Å². The molecule has 9 rings (SSSR count). The minimum atomic E-state index is 1.13. The van der Waals surface area contributed by atoms with Crippen molar-refractivity contribution >= 4 is 43.6 Å². The number of hydrogen-bond donors (Lipinski definition) is 0. The number of hydrogen-bond acceptors (Lipinski definition) is 1. The van der Waals surface area contributed by atoms with Gasteiger partial charge in [0.05, 0.1) is 22.1 Å². The lowest BCUT2D eigenvalue weighted by Crippen LogP contribution is -2.00. The highest BCUT2D eigenvalue weighted by Gasteiger charge is 2.17.